The fourth-order valence-corrected chi connectivity index (χ4v) is 4.63. The minimum Gasteiger partial charge on any atom is -0.477 e. The minimum atomic E-state index is -0.494. The lowest BCUT2D eigenvalue weighted by Crippen LogP contribution is -2.55. The van der Waals surface area contributed by atoms with Crippen LogP contribution in [0.2, 0.25) is 0 Å². The quantitative estimate of drug-likeness (QED) is 0.534. The van der Waals surface area contributed by atoms with Crippen LogP contribution in [0.5, 0.6) is 5.88 Å². The van der Waals surface area contributed by atoms with Gasteiger partial charge in [-0.1, -0.05) is 6.42 Å². The molecule has 0 unspecified atom stereocenters. The summed E-state index contributed by atoms with van der Waals surface area (Å²) in [5.41, 5.74) is 2.05. The molecule has 0 bridgehead atoms. The van der Waals surface area contributed by atoms with Crippen LogP contribution in [-0.4, -0.2) is 82.2 Å². The first-order chi connectivity index (χ1) is 17.1. The van der Waals surface area contributed by atoms with Crippen molar-refractivity contribution in [2.75, 3.05) is 50.9 Å². The first-order valence-electron chi connectivity index (χ1n) is 12.3. The highest BCUT2D eigenvalue weighted by molar-refractivity contribution is 5.80. The number of anilines is 1. The summed E-state index contributed by atoms with van der Waals surface area (Å²) in [7, 11) is 0. The van der Waals surface area contributed by atoms with Gasteiger partial charge < -0.3 is 24.0 Å². The number of hydrogen-bond acceptors (Lipinski definition) is 8. The van der Waals surface area contributed by atoms with Gasteiger partial charge in [0.15, 0.2) is 11.2 Å². The second-order valence-electron chi connectivity index (χ2n) is 9.86. The molecule has 1 amide bonds. The summed E-state index contributed by atoms with van der Waals surface area (Å²) in [4.78, 5) is 25.9. The molecule has 1 saturated carbocycles. The maximum atomic E-state index is 12.5. The van der Waals surface area contributed by atoms with Gasteiger partial charge in [0.2, 0.25) is 5.88 Å². The van der Waals surface area contributed by atoms with E-state index in [9.17, 15) is 4.79 Å². The van der Waals surface area contributed by atoms with Crippen molar-refractivity contribution in [3.05, 3.63) is 36.8 Å². The molecule has 1 aliphatic carbocycles. The highest BCUT2D eigenvalue weighted by Gasteiger charge is 2.39. The SMILES string of the molecule is CC1(OC(=O)N2CCN(c3ccn4ncc(-c5cccnc5OCC5CCC5)c4n3)CC2)COC1. The third-order valence-corrected chi connectivity index (χ3v) is 7.11. The van der Waals surface area contributed by atoms with Crippen LogP contribution in [-0.2, 0) is 9.47 Å². The molecule has 0 aromatic carbocycles. The standard InChI is InChI=1S/C25H30N6O4/c1-25(16-33-17-25)35-24(32)30-12-10-29(11-13-30)21-7-9-31-22(28-21)20(14-27-31)19-6-3-8-26-23(19)34-15-18-4-2-5-18/h3,6-9,14,18H,2,4-5,10-13,15-17H2,1H3. The predicted octanol–water partition coefficient (Wildman–Crippen LogP) is 3.02. The molecule has 3 aromatic heterocycles. The van der Waals surface area contributed by atoms with Crippen molar-refractivity contribution in [2.45, 2.75) is 31.8 Å². The van der Waals surface area contributed by atoms with Crippen LogP contribution in [0.4, 0.5) is 10.6 Å². The van der Waals surface area contributed by atoms with Gasteiger partial charge in [0.25, 0.3) is 0 Å². The van der Waals surface area contributed by atoms with Crippen LogP contribution in [0, 0.1) is 5.92 Å². The Labute approximate surface area is 203 Å². The lowest BCUT2D eigenvalue weighted by atomic mass is 9.86. The smallest absolute Gasteiger partial charge is 0.410 e. The Morgan fingerprint density at radius 3 is 2.71 bits per heavy atom. The Bertz CT molecular complexity index is 1210. The molecule has 35 heavy (non-hydrogen) atoms. The Balaban J connectivity index is 1.17. The van der Waals surface area contributed by atoms with E-state index in [1.165, 1.54) is 19.3 Å². The molecule has 10 nitrogen and oxygen atoms in total. The largest absolute Gasteiger partial charge is 0.477 e. The average molecular weight is 479 g/mol. The van der Waals surface area contributed by atoms with E-state index in [1.54, 1.807) is 15.6 Å². The number of aromatic nitrogens is 4. The predicted molar refractivity (Wildman–Crippen MR) is 129 cm³/mol. The lowest BCUT2D eigenvalue weighted by molar-refractivity contribution is -0.172. The van der Waals surface area contributed by atoms with Gasteiger partial charge in [0.05, 0.1) is 31.6 Å². The number of fused-ring (bicyclic) bond motifs is 1. The van der Waals surface area contributed by atoms with Gasteiger partial charge in [-0.15, -0.1) is 0 Å². The molecule has 3 aromatic rings. The van der Waals surface area contributed by atoms with Crippen LogP contribution < -0.4 is 9.64 Å². The van der Waals surface area contributed by atoms with Gasteiger partial charge in [-0.2, -0.15) is 5.10 Å². The zero-order valence-electron chi connectivity index (χ0n) is 19.9. The Morgan fingerprint density at radius 2 is 2.00 bits per heavy atom. The molecule has 184 valence electrons. The molecule has 3 aliphatic rings. The van der Waals surface area contributed by atoms with Gasteiger partial charge in [-0.05, 0) is 43.9 Å². The summed E-state index contributed by atoms with van der Waals surface area (Å²) < 4.78 is 18.7. The number of ether oxygens (including phenoxy) is 3. The van der Waals surface area contributed by atoms with E-state index in [1.807, 2.05) is 37.5 Å². The fraction of sp³-hybridized carbons (Fsp3) is 0.520. The highest BCUT2D eigenvalue weighted by atomic mass is 16.6. The van der Waals surface area contributed by atoms with Crippen molar-refractivity contribution < 1.29 is 19.0 Å². The van der Waals surface area contributed by atoms with Crippen LogP contribution >= 0.6 is 0 Å². The minimum absolute atomic E-state index is 0.275. The van der Waals surface area contributed by atoms with E-state index in [0.29, 0.717) is 57.8 Å². The van der Waals surface area contributed by atoms with Crippen LogP contribution in [0.25, 0.3) is 16.8 Å². The summed E-state index contributed by atoms with van der Waals surface area (Å²) in [5, 5.41) is 4.50. The molecule has 0 atom stereocenters. The van der Waals surface area contributed by atoms with E-state index in [0.717, 1.165) is 22.6 Å². The van der Waals surface area contributed by atoms with Crippen LogP contribution in [0.1, 0.15) is 26.2 Å². The van der Waals surface area contributed by atoms with Crippen molar-refractivity contribution in [3.8, 4) is 17.0 Å². The van der Waals surface area contributed by atoms with Gasteiger partial charge in [-0.3, -0.25) is 0 Å². The molecule has 0 spiro atoms. The number of carbonyl (C=O) groups excluding carboxylic acids is 1. The maximum Gasteiger partial charge on any atom is 0.410 e. The lowest BCUT2D eigenvalue weighted by Gasteiger charge is -2.40. The van der Waals surface area contributed by atoms with E-state index in [4.69, 9.17) is 19.2 Å². The third-order valence-electron chi connectivity index (χ3n) is 7.11. The van der Waals surface area contributed by atoms with Crippen molar-refractivity contribution in [1.29, 1.82) is 0 Å². The second kappa shape index (κ2) is 8.99. The van der Waals surface area contributed by atoms with Gasteiger partial charge in [0, 0.05) is 44.1 Å². The number of hydrogen-bond donors (Lipinski definition) is 0. The molecule has 2 aliphatic heterocycles. The number of nitrogens with zero attached hydrogens (tertiary/aromatic N) is 6. The monoisotopic (exact) mass is 478 g/mol. The van der Waals surface area contributed by atoms with Gasteiger partial charge >= 0.3 is 6.09 Å². The number of carbonyl (C=O) groups is 1. The van der Waals surface area contributed by atoms with Crippen molar-refractivity contribution in [3.63, 3.8) is 0 Å². The molecular weight excluding hydrogens is 448 g/mol. The molecule has 0 radical (unpaired) electrons. The van der Waals surface area contributed by atoms with Gasteiger partial charge in [-0.25, -0.2) is 19.3 Å². The normalized spacial score (nSPS) is 19.8. The fourth-order valence-electron chi connectivity index (χ4n) is 4.63. The molecule has 6 rings (SSSR count). The molecule has 10 heteroatoms. The summed E-state index contributed by atoms with van der Waals surface area (Å²) in [6.07, 6.45) is 8.96. The zero-order valence-corrected chi connectivity index (χ0v) is 19.9. The third kappa shape index (κ3) is 4.38. The van der Waals surface area contributed by atoms with E-state index in [2.05, 4.69) is 15.0 Å². The average Bonchev–Trinajstić information content (AvgIpc) is 3.25. The van der Waals surface area contributed by atoms with E-state index >= 15 is 0 Å². The van der Waals surface area contributed by atoms with Crippen molar-refractivity contribution >= 4 is 17.6 Å². The molecule has 5 heterocycles. The zero-order chi connectivity index (χ0) is 23.8. The van der Waals surface area contributed by atoms with E-state index < -0.39 is 5.60 Å². The van der Waals surface area contributed by atoms with Crippen LogP contribution in [0.3, 0.4) is 0 Å². The Kier molecular flexibility index (Phi) is 5.68. The summed E-state index contributed by atoms with van der Waals surface area (Å²) in [6, 6.07) is 5.88. The molecule has 0 N–H and O–H groups in total. The summed E-state index contributed by atoms with van der Waals surface area (Å²) in [5.74, 6) is 2.10. The number of rotatable bonds is 6. The van der Waals surface area contributed by atoms with E-state index in [-0.39, 0.29) is 6.09 Å². The summed E-state index contributed by atoms with van der Waals surface area (Å²) >= 11 is 0. The highest BCUT2D eigenvalue weighted by Crippen LogP contribution is 2.33. The topological polar surface area (TPSA) is 94.3 Å². The van der Waals surface area contributed by atoms with Crippen molar-refractivity contribution in [1.82, 2.24) is 24.5 Å². The molecule has 3 fully saturated rings. The number of pyridine rings is 1. The first-order valence-corrected chi connectivity index (χ1v) is 12.3. The van der Waals surface area contributed by atoms with Gasteiger partial charge in [0.1, 0.15) is 5.82 Å². The number of amides is 1. The first kappa shape index (κ1) is 22.1. The van der Waals surface area contributed by atoms with Crippen LogP contribution in [0.15, 0.2) is 36.8 Å². The Morgan fingerprint density at radius 1 is 1.17 bits per heavy atom. The molecule has 2 saturated heterocycles. The maximum absolute atomic E-state index is 12.5. The second-order valence-corrected chi connectivity index (χ2v) is 9.86. The van der Waals surface area contributed by atoms with Crippen molar-refractivity contribution in [2.24, 2.45) is 5.92 Å². The molecular formula is C25H30N6O4. The Hall–Kier alpha value is -3.40. The number of piperazine rings is 1. The summed E-state index contributed by atoms with van der Waals surface area (Å²) in [6.45, 7) is 6.03.